The number of aliphatic hydroxyl groups excluding tert-OH is 1. The molecule has 1 unspecified atom stereocenters. The van der Waals surface area contributed by atoms with Crippen LogP contribution >= 0.6 is 0 Å². The topological polar surface area (TPSA) is 32.3 Å². The molecule has 0 saturated carbocycles. The van der Waals surface area contributed by atoms with Crippen molar-refractivity contribution in [3.63, 3.8) is 0 Å². The molecule has 1 aromatic carbocycles. The van der Waals surface area contributed by atoms with Gasteiger partial charge in [-0.15, -0.1) is 0 Å². The van der Waals surface area contributed by atoms with Crippen molar-refractivity contribution in [3.05, 3.63) is 35.9 Å². The molecule has 0 radical (unpaired) electrons. The summed E-state index contributed by atoms with van der Waals surface area (Å²) >= 11 is 0. The van der Waals surface area contributed by atoms with E-state index in [9.17, 15) is 5.11 Å². The van der Waals surface area contributed by atoms with E-state index >= 15 is 0 Å². The number of rotatable bonds is 6. The van der Waals surface area contributed by atoms with Crippen molar-refractivity contribution in [1.82, 2.24) is 5.32 Å². The normalized spacial score (nSPS) is 12.7. The van der Waals surface area contributed by atoms with E-state index in [1.54, 1.807) is 0 Å². The molecule has 1 aromatic rings. The molecular weight excluding hydrogens is 174 g/mol. The zero-order valence-corrected chi connectivity index (χ0v) is 8.74. The highest BCUT2D eigenvalue weighted by Gasteiger charge is 2.02. The molecule has 0 amide bonds. The minimum absolute atomic E-state index is 0.413. The van der Waals surface area contributed by atoms with Gasteiger partial charge in [0.2, 0.25) is 0 Å². The lowest BCUT2D eigenvalue weighted by atomic mass is 10.1. The van der Waals surface area contributed by atoms with E-state index in [4.69, 9.17) is 0 Å². The van der Waals surface area contributed by atoms with Crippen molar-refractivity contribution >= 4 is 0 Å². The minimum atomic E-state index is -0.413. The lowest BCUT2D eigenvalue weighted by molar-refractivity contribution is 0.137. The maximum absolute atomic E-state index is 9.62. The van der Waals surface area contributed by atoms with Crippen molar-refractivity contribution in [2.24, 2.45) is 0 Å². The molecule has 0 fully saturated rings. The molecule has 14 heavy (non-hydrogen) atoms. The van der Waals surface area contributed by atoms with E-state index in [0.29, 0.717) is 6.42 Å². The summed E-state index contributed by atoms with van der Waals surface area (Å²) in [5.41, 5.74) is 1.17. The van der Waals surface area contributed by atoms with E-state index < -0.39 is 6.23 Å². The zero-order valence-electron chi connectivity index (χ0n) is 8.74. The molecule has 0 aliphatic carbocycles. The van der Waals surface area contributed by atoms with Crippen LogP contribution in [0, 0.1) is 0 Å². The Labute approximate surface area is 86.0 Å². The third-order valence-corrected chi connectivity index (χ3v) is 2.18. The summed E-state index contributed by atoms with van der Waals surface area (Å²) in [4.78, 5) is 0. The van der Waals surface area contributed by atoms with Gasteiger partial charge in [-0.25, -0.2) is 0 Å². The quantitative estimate of drug-likeness (QED) is 0.534. The molecule has 1 atom stereocenters. The van der Waals surface area contributed by atoms with E-state index in [1.807, 2.05) is 30.3 Å². The van der Waals surface area contributed by atoms with Gasteiger partial charge in [0.25, 0.3) is 0 Å². The van der Waals surface area contributed by atoms with Gasteiger partial charge in [-0.05, 0) is 18.5 Å². The molecule has 1 rings (SSSR count). The van der Waals surface area contributed by atoms with Crippen LogP contribution in [-0.2, 0) is 6.42 Å². The Kier molecular flexibility index (Phi) is 5.27. The van der Waals surface area contributed by atoms with Crippen molar-refractivity contribution < 1.29 is 5.11 Å². The predicted molar refractivity (Wildman–Crippen MR) is 59.1 cm³/mol. The highest BCUT2D eigenvalue weighted by molar-refractivity contribution is 5.15. The highest BCUT2D eigenvalue weighted by atomic mass is 16.3. The maximum atomic E-state index is 9.62. The largest absolute Gasteiger partial charge is 0.378 e. The summed E-state index contributed by atoms with van der Waals surface area (Å²) in [6, 6.07) is 10.0. The highest BCUT2D eigenvalue weighted by Crippen LogP contribution is 2.01. The van der Waals surface area contributed by atoms with Crippen LogP contribution < -0.4 is 5.32 Å². The minimum Gasteiger partial charge on any atom is -0.378 e. The summed E-state index contributed by atoms with van der Waals surface area (Å²) in [5, 5.41) is 12.7. The van der Waals surface area contributed by atoms with Crippen LogP contribution in [0.2, 0.25) is 0 Å². The Bertz CT molecular complexity index is 235. The SMILES string of the molecule is CCCCNC(O)Cc1ccccc1. The van der Waals surface area contributed by atoms with Gasteiger partial charge in [-0.3, -0.25) is 5.32 Å². The summed E-state index contributed by atoms with van der Waals surface area (Å²) in [7, 11) is 0. The number of benzene rings is 1. The molecule has 0 aliphatic rings. The molecule has 0 bridgehead atoms. The van der Waals surface area contributed by atoms with E-state index in [0.717, 1.165) is 19.4 Å². The molecule has 0 heterocycles. The number of hydrogen-bond acceptors (Lipinski definition) is 2. The Morgan fingerprint density at radius 2 is 2.00 bits per heavy atom. The number of aliphatic hydroxyl groups is 1. The molecule has 78 valence electrons. The van der Waals surface area contributed by atoms with Crippen LogP contribution in [0.25, 0.3) is 0 Å². The van der Waals surface area contributed by atoms with Crippen LogP contribution in [0.15, 0.2) is 30.3 Å². The lowest BCUT2D eigenvalue weighted by Crippen LogP contribution is -2.31. The van der Waals surface area contributed by atoms with Crippen molar-refractivity contribution in [3.8, 4) is 0 Å². The van der Waals surface area contributed by atoms with Crippen molar-refractivity contribution in [2.45, 2.75) is 32.4 Å². The number of unbranched alkanes of at least 4 members (excludes halogenated alkanes) is 1. The second-order valence-corrected chi connectivity index (χ2v) is 3.51. The molecular formula is C12H19NO. The molecule has 2 N–H and O–H groups in total. The lowest BCUT2D eigenvalue weighted by Gasteiger charge is -2.12. The van der Waals surface area contributed by atoms with Gasteiger partial charge in [-0.1, -0.05) is 43.7 Å². The molecule has 0 aliphatic heterocycles. The molecule has 2 nitrogen and oxygen atoms in total. The van der Waals surface area contributed by atoms with Gasteiger partial charge in [0.15, 0.2) is 0 Å². The smallest absolute Gasteiger partial charge is 0.108 e. The number of nitrogens with one attached hydrogen (secondary N) is 1. The predicted octanol–water partition coefficient (Wildman–Crippen LogP) is 1.94. The first-order valence-electron chi connectivity index (χ1n) is 5.28. The second-order valence-electron chi connectivity index (χ2n) is 3.51. The van der Waals surface area contributed by atoms with Crippen LogP contribution in [0.5, 0.6) is 0 Å². The van der Waals surface area contributed by atoms with Gasteiger partial charge in [0.1, 0.15) is 6.23 Å². The summed E-state index contributed by atoms with van der Waals surface area (Å²) in [6.07, 6.45) is 2.55. The van der Waals surface area contributed by atoms with E-state index in [2.05, 4.69) is 12.2 Å². The van der Waals surface area contributed by atoms with Gasteiger partial charge in [-0.2, -0.15) is 0 Å². The van der Waals surface area contributed by atoms with Gasteiger partial charge in [0.05, 0.1) is 0 Å². The molecule has 0 saturated heterocycles. The monoisotopic (exact) mass is 193 g/mol. The van der Waals surface area contributed by atoms with Crippen molar-refractivity contribution in [2.75, 3.05) is 6.54 Å². The van der Waals surface area contributed by atoms with Crippen molar-refractivity contribution in [1.29, 1.82) is 0 Å². The van der Waals surface area contributed by atoms with E-state index in [-0.39, 0.29) is 0 Å². The van der Waals surface area contributed by atoms with Gasteiger partial charge < -0.3 is 5.11 Å². The molecule has 0 spiro atoms. The fourth-order valence-corrected chi connectivity index (χ4v) is 1.35. The first-order chi connectivity index (χ1) is 6.83. The number of hydrogen-bond donors (Lipinski definition) is 2. The van der Waals surface area contributed by atoms with Crippen LogP contribution in [-0.4, -0.2) is 17.9 Å². The standard InChI is InChI=1S/C12H19NO/c1-2-3-9-13-12(14)10-11-7-5-4-6-8-11/h4-8,12-14H,2-3,9-10H2,1H3. The summed E-state index contributed by atoms with van der Waals surface area (Å²) in [6.45, 7) is 3.04. The Balaban J connectivity index is 2.23. The summed E-state index contributed by atoms with van der Waals surface area (Å²) in [5.74, 6) is 0. The summed E-state index contributed by atoms with van der Waals surface area (Å²) < 4.78 is 0. The van der Waals surface area contributed by atoms with Crippen LogP contribution in [0.3, 0.4) is 0 Å². The first kappa shape index (κ1) is 11.2. The molecule has 0 aromatic heterocycles. The Hall–Kier alpha value is -0.860. The fourth-order valence-electron chi connectivity index (χ4n) is 1.35. The zero-order chi connectivity index (χ0) is 10.2. The second kappa shape index (κ2) is 6.57. The van der Waals surface area contributed by atoms with Gasteiger partial charge in [0, 0.05) is 6.42 Å². The van der Waals surface area contributed by atoms with E-state index in [1.165, 1.54) is 5.56 Å². The average Bonchev–Trinajstić information content (AvgIpc) is 2.20. The Morgan fingerprint density at radius 3 is 2.64 bits per heavy atom. The Morgan fingerprint density at radius 1 is 1.29 bits per heavy atom. The van der Waals surface area contributed by atoms with Crippen LogP contribution in [0.4, 0.5) is 0 Å². The average molecular weight is 193 g/mol. The van der Waals surface area contributed by atoms with Crippen LogP contribution in [0.1, 0.15) is 25.3 Å². The molecule has 2 heteroatoms. The third kappa shape index (κ3) is 4.40. The fraction of sp³-hybridized carbons (Fsp3) is 0.500. The third-order valence-electron chi connectivity index (χ3n) is 2.18. The van der Waals surface area contributed by atoms with Gasteiger partial charge >= 0.3 is 0 Å². The first-order valence-corrected chi connectivity index (χ1v) is 5.28. The maximum Gasteiger partial charge on any atom is 0.108 e.